The number of carbonyl (C=O) groups is 7. The maximum atomic E-state index is 14.8. The number of aliphatic hydroxyl groups excluding tert-OH is 1. The molecule has 1 fully saturated rings. The van der Waals surface area contributed by atoms with Crippen molar-refractivity contribution in [2.45, 2.75) is 456 Å². The predicted molar refractivity (Wildman–Crippen MR) is 402 cm³/mol. The third kappa shape index (κ3) is 54.0. The van der Waals surface area contributed by atoms with Gasteiger partial charge in [-0.15, -0.1) is 0 Å². The highest BCUT2D eigenvalue weighted by molar-refractivity contribution is 7.46. The monoisotopic (exact) mass is 1470 g/mol. The summed E-state index contributed by atoms with van der Waals surface area (Å²) in [4.78, 5) is 118. The number of phosphoric ester groups is 1. The van der Waals surface area contributed by atoms with Gasteiger partial charge in [-0.25, -0.2) is 9.36 Å². The van der Waals surface area contributed by atoms with Crippen LogP contribution < -0.4 is 10.6 Å². The standard InChI is InChI=1S/C80H149N2O19P/c1-7-13-19-25-31-34-40-43-49-55-66(97-73(87)58-52-46-37-29-23-17-11-5)61-71(85)82-76-78(100-75(89)62-67(56-50-44-41-35-32-26-20-14-8-2)98-74(88)59-53-47-38-30-24-18-12-6)77(101-102(92,93)94)69(63-83)99-80(76)95-64-68(79(90)91)81-70(84)60-65(54-48-42-39-33-27-21-15-9-3)96-72(86)57-51-45-36-28-22-16-10-4/h65-69,76-78,80,83H,7-64H2,1-6H3,(H,81,84)(H,82,85)(H,90,91)(H2,92,93,94)/t65-,66-,67-,68-,69?,76?,77?,78?,80?/m1/s1. The summed E-state index contributed by atoms with van der Waals surface area (Å²) in [6.45, 7) is 11.1. The summed E-state index contributed by atoms with van der Waals surface area (Å²) >= 11 is 0. The molecule has 5 unspecified atom stereocenters. The first-order valence-electron chi connectivity index (χ1n) is 41.6. The van der Waals surface area contributed by atoms with Gasteiger partial charge in [0, 0.05) is 19.3 Å². The Morgan fingerprint density at radius 2 is 0.706 bits per heavy atom. The van der Waals surface area contributed by atoms with Crippen LogP contribution in [-0.2, 0) is 71.1 Å². The summed E-state index contributed by atoms with van der Waals surface area (Å²) in [7, 11) is -5.56. The SMILES string of the molecule is CCCCCCCCCCC[C@H](CC(=O)NC1C(OC[C@@H](NC(=O)C[C@@H](CCCCCCCCCC)OC(=O)CCCCCCCCC)C(=O)O)OC(CO)C(OP(=O)(O)O)C1OC(=O)C[C@@H](CCCCCCCCCCC)OC(=O)CCCCCCCCC)OC(=O)CCCCCCCCC. The van der Waals surface area contributed by atoms with E-state index in [4.69, 9.17) is 32.9 Å². The normalized spacial score (nSPS) is 17.3. The Morgan fingerprint density at radius 1 is 0.402 bits per heavy atom. The number of phosphoric acid groups is 1. The molecule has 0 radical (unpaired) electrons. The van der Waals surface area contributed by atoms with Crippen molar-refractivity contribution >= 4 is 49.5 Å². The zero-order chi connectivity index (χ0) is 75.1. The van der Waals surface area contributed by atoms with Crippen LogP contribution in [0, 0.1) is 0 Å². The van der Waals surface area contributed by atoms with Crippen molar-refractivity contribution < 1.29 is 91.1 Å². The van der Waals surface area contributed by atoms with Gasteiger partial charge in [-0.1, -0.05) is 305 Å². The van der Waals surface area contributed by atoms with Gasteiger partial charge in [0.1, 0.15) is 36.6 Å². The molecule has 0 saturated carbocycles. The number of carbonyl (C=O) groups excluding carboxylic acids is 6. The molecule has 1 rings (SSSR count). The Morgan fingerprint density at radius 3 is 1.02 bits per heavy atom. The molecule has 0 aromatic rings. The number of rotatable bonds is 72. The highest BCUT2D eigenvalue weighted by Gasteiger charge is 2.52. The van der Waals surface area contributed by atoms with E-state index >= 15 is 0 Å². The van der Waals surface area contributed by atoms with Crippen LogP contribution in [0.15, 0.2) is 0 Å². The first-order valence-corrected chi connectivity index (χ1v) is 43.1. The molecule has 0 aromatic heterocycles. The number of esters is 4. The lowest BCUT2D eigenvalue weighted by Crippen LogP contribution is -2.66. The number of carboxylic acid groups (broad SMARTS) is 1. The molecule has 1 heterocycles. The second kappa shape index (κ2) is 65.6. The topological polar surface area (TPSA) is 306 Å². The molecular formula is C80H149N2O19P. The minimum Gasteiger partial charge on any atom is -0.480 e. The van der Waals surface area contributed by atoms with Crippen LogP contribution >= 0.6 is 7.82 Å². The van der Waals surface area contributed by atoms with Crippen LogP contribution in [0.4, 0.5) is 0 Å². The molecule has 598 valence electrons. The van der Waals surface area contributed by atoms with E-state index in [-0.39, 0.29) is 32.1 Å². The maximum absolute atomic E-state index is 14.8. The van der Waals surface area contributed by atoms with Gasteiger partial charge in [-0.3, -0.25) is 33.3 Å². The van der Waals surface area contributed by atoms with Crippen LogP contribution in [0.3, 0.4) is 0 Å². The predicted octanol–water partition coefficient (Wildman–Crippen LogP) is 18.9. The van der Waals surface area contributed by atoms with Crippen molar-refractivity contribution in [3.8, 4) is 0 Å². The molecule has 1 saturated heterocycles. The highest BCUT2D eigenvalue weighted by Crippen LogP contribution is 2.42. The number of ether oxygens (including phenoxy) is 6. The Bertz CT molecular complexity index is 2150. The van der Waals surface area contributed by atoms with E-state index in [9.17, 15) is 58.1 Å². The van der Waals surface area contributed by atoms with E-state index in [1.807, 2.05) is 0 Å². The molecule has 102 heavy (non-hydrogen) atoms. The van der Waals surface area contributed by atoms with Gasteiger partial charge in [0.25, 0.3) is 0 Å². The highest BCUT2D eigenvalue weighted by atomic mass is 31.2. The molecule has 9 atom stereocenters. The fourth-order valence-electron chi connectivity index (χ4n) is 13.3. The largest absolute Gasteiger partial charge is 0.480 e. The molecule has 2 amide bonds. The van der Waals surface area contributed by atoms with Crippen LogP contribution in [0.1, 0.15) is 401 Å². The van der Waals surface area contributed by atoms with E-state index in [1.165, 1.54) is 32.1 Å². The minimum absolute atomic E-state index is 0.125. The van der Waals surface area contributed by atoms with E-state index in [2.05, 4.69) is 52.2 Å². The molecule has 21 nitrogen and oxygen atoms in total. The summed E-state index contributed by atoms with van der Waals surface area (Å²) in [6.07, 6.45) is 36.8. The molecule has 6 N–H and O–H groups in total. The molecule has 0 aliphatic carbocycles. The van der Waals surface area contributed by atoms with Gasteiger partial charge >= 0.3 is 37.7 Å². The van der Waals surface area contributed by atoms with Crippen molar-refractivity contribution in [1.82, 2.24) is 10.6 Å². The average Bonchev–Trinajstić information content (AvgIpc) is 0.781. The van der Waals surface area contributed by atoms with Gasteiger partial charge in [-0.2, -0.15) is 0 Å². The third-order valence-corrected chi connectivity index (χ3v) is 20.0. The van der Waals surface area contributed by atoms with E-state index in [0.717, 1.165) is 231 Å². The molecular weight excluding hydrogens is 1320 g/mol. The van der Waals surface area contributed by atoms with Crippen molar-refractivity contribution in [3.05, 3.63) is 0 Å². The van der Waals surface area contributed by atoms with Crippen LogP contribution in [0.5, 0.6) is 0 Å². The number of hydrogen-bond acceptors (Lipinski definition) is 16. The van der Waals surface area contributed by atoms with Gasteiger partial charge < -0.3 is 59.1 Å². The number of aliphatic hydroxyl groups is 1. The van der Waals surface area contributed by atoms with Gasteiger partial charge in [0.05, 0.1) is 32.5 Å². The van der Waals surface area contributed by atoms with Gasteiger partial charge in [0.15, 0.2) is 18.4 Å². The first-order chi connectivity index (χ1) is 49.3. The summed E-state index contributed by atoms with van der Waals surface area (Å²) in [5.74, 6) is -5.54. The van der Waals surface area contributed by atoms with Crippen LogP contribution in [0.2, 0.25) is 0 Å². The quantitative estimate of drug-likeness (QED) is 0.0143. The lowest BCUT2D eigenvalue weighted by molar-refractivity contribution is -0.272. The van der Waals surface area contributed by atoms with E-state index in [1.54, 1.807) is 0 Å². The summed E-state index contributed by atoms with van der Waals surface area (Å²) < 4.78 is 54.8. The van der Waals surface area contributed by atoms with Crippen molar-refractivity contribution in [2.24, 2.45) is 0 Å². The maximum Gasteiger partial charge on any atom is 0.470 e. The summed E-state index contributed by atoms with van der Waals surface area (Å²) in [6, 6.07) is -3.60. The van der Waals surface area contributed by atoms with Gasteiger partial charge in [-0.05, 0) is 57.8 Å². The Labute approximate surface area is 617 Å². The molecule has 1 aliphatic rings. The Balaban J connectivity index is 3.86. The van der Waals surface area contributed by atoms with Crippen LogP contribution in [0.25, 0.3) is 0 Å². The lowest BCUT2D eigenvalue weighted by Gasteiger charge is -2.45. The fourth-order valence-corrected chi connectivity index (χ4v) is 13.9. The molecule has 22 heteroatoms. The molecule has 1 aliphatic heterocycles. The number of unbranched alkanes of at least 4 members (excludes halogenated alkanes) is 41. The summed E-state index contributed by atoms with van der Waals surface area (Å²) in [5, 5.41) is 26.9. The van der Waals surface area contributed by atoms with Crippen LogP contribution in [-0.4, -0.2) is 130 Å². The zero-order valence-electron chi connectivity index (χ0n) is 65.1. The Kier molecular flexibility index (Phi) is 61.9. The number of nitrogens with one attached hydrogen (secondary N) is 2. The minimum atomic E-state index is -5.56. The average molecular weight is 1470 g/mol. The third-order valence-electron chi connectivity index (χ3n) is 19.4. The molecule has 0 spiro atoms. The zero-order valence-corrected chi connectivity index (χ0v) is 66.0. The van der Waals surface area contributed by atoms with Crippen molar-refractivity contribution in [1.29, 1.82) is 0 Å². The number of carboxylic acids is 1. The number of aliphatic carboxylic acids is 1. The second-order valence-electron chi connectivity index (χ2n) is 29.2. The molecule has 0 aromatic carbocycles. The fraction of sp³-hybridized carbons (Fsp3) is 0.912. The number of amides is 2. The summed E-state index contributed by atoms with van der Waals surface area (Å²) in [5.41, 5.74) is 0. The van der Waals surface area contributed by atoms with Gasteiger partial charge in [0.2, 0.25) is 11.8 Å². The van der Waals surface area contributed by atoms with E-state index in [0.29, 0.717) is 51.4 Å². The molecule has 0 bridgehead atoms. The smallest absolute Gasteiger partial charge is 0.470 e. The number of hydrogen-bond donors (Lipinski definition) is 6. The van der Waals surface area contributed by atoms with Crippen molar-refractivity contribution in [2.75, 3.05) is 13.2 Å². The van der Waals surface area contributed by atoms with E-state index < -0.39 is 131 Å². The first kappa shape index (κ1) is 96.3. The Hall–Kier alpha value is -3.72. The van der Waals surface area contributed by atoms with Crippen molar-refractivity contribution in [3.63, 3.8) is 0 Å². The lowest BCUT2D eigenvalue weighted by atomic mass is 9.95. The second-order valence-corrected chi connectivity index (χ2v) is 30.4.